The highest BCUT2D eigenvalue weighted by Crippen LogP contribution is 2.39. The van der Waals surface area contributed by atoms with Crippen LogP contribution in [-0.2, 0) is 15.1 Å². The quantitative estimate of drug-likeness (QED) is 0.747. The third-order valence-electron chi connectivity index (χ3n) is 7.03. The van der Waals surface area contributed by atoms with Crippen molar-refractivity contribution in [3.63, 3.8) is 0 Å². The molecule has 2 aliphatic rings. The van der Waals surface area contributed by atoms with Gasteiger partial charge in [0.1, 0.15) is 5.54 Å². The number of piperidine rings is 1. The molecule has 5 nitrogen and oxygen atoms in total. The number of likely N-dealkylation sites (N-methyl/N-ethyl adjacent to an activating group) is 1. The smallest absolute Gasteiger partial charge is 0.225 e. The van der Waals surface area contributed by atoms with Crippen LogP contribution < -0.4 is 0 Å². The summed E-state index contributed by atoms with van der Waals surface area (Å²) >= 11 is 0. The summed E-state index contributed by atoms with van der Waals surface area (Å²) in [5.41, 5.74) is 1.18. The van der Waals surface area contributed by atoms with Gasteiger partial charge in [-0.25, -0.2) is 0 Å². The molecule has 0 unspecified atom stereocenters. The zero-order valence-corrected chi connectivity index (χ0v) is 18.7. The zero-order chi connectivity index (χ0) is 21.8. The fraction of sp³-hybridized carbons (Fsp3) is 0.462. The molecule has 4 rings (SSSR count). The van der Waals surface area contributed by atoms with E-state index in [-0.39, 0.29) is 11.7 Å². The summed E-state index contributed by atoms with van der Waals surface area (Å²) in [5, 5.41) is 0. The highest BCUT2D eigenvalue weighted by molar-refractivity contribution is 5.91. The Balaban J connectivity index is 1.58. The Hall–Kier alpha value is -2.50. The Morgan fingerprint density at radius 1 is 0.774 bits per heavy atom. The normalized spacial score (nSPS) is 19.4. The van der Waals surface area contributed by atoms with Crippen molar-refractivity contribution in [3.05, 3.63) is 71.8 Å². The number of hydrogen-bond donors (Lipinski definition) is 0. The summed E-state index contributed by atoms with van der Waals surface area (Å²) in [6, 6.07) is 20.2. The fourth-order valence-corrected chi connectivity index (χ4v) is 5.27. The topological polar surface area (TPSA) is 43.9 Å². The molecule has 0 aromatic heterocycles. The van der Waals surface area contributed by atoms with Crippen LogP contribution in [0.1, 0.15) is 30.9 Å². The molecule has 5 heteroatoms. The van der Waals surface area contributed by atoms with Gasteiger partial charge in [-0.3, -0.25) is 14.5 Å². The maximum Gasteiger partial charge on any atom is 0.225 e. The van der Waals surface area contributed by atoms with E-state index < -0.39 is 5.54 Å². The molecule has 0 atom stereocenters. The van der Waals surface area contributed by atoms with Crippen molar-refractivity contribution in [2.45, 2.75) is 25.3 Å². The Morgan fingerprint density at radius 2 is 1.26 bits per heavy atom. The maximum absolute atomic E-state index is 13.3. The van der Waals surface area contributed by atoms with Crippen LogP contribution in [0.2, 0.25) is 0 Å². The molecule has 2 fully saturated rings. The first-order valence-electron chi connectivity index (χ1n) is 11.4. The van der Waals surface area contributed by atoms with Gasteiger partial charge in [0.2, 0.25) is 5.91 Å². The molecule has 0 N–H and O–H groups in total. The van der Waals surface area contributed by atoms with E-state index in [0.717, 1.165) is 63.2 Å². The van der Waals surface area contributed by atoms with Crippen molar-refractivity contribution in [2.75, 3.05) is 46.3 Å². The summed E-state index contributed by atoms with van der Waals surface area (Å²) in [6.07, 6.45) is 1.58. The van der Waals surface area contributed by atoms with Crippen molar-refractivity contribution in [1.29, 1.82) is 0 Å². The van der Waals surface area contributed by atoms with Gasteiger partial charge in [0.05, 0.1) is 0 Å². The summed E-state index contributed by atoms with van der Waals surface area (Å²) < 4.78 is 0. The van der Waals surface area contributed by atoms with Crippen LogP contribution >= 0.6 is 0 Å². The summed E-state index contributed by atoms with van der Waals surface area (Å²) in [6.45, 7) is 6.69. The summed E-state index contributed by atoms with van der Waals surface area (Å²) in [4.78, 5) is 33.1. The Kier molecular flexibility index (Phi) is 6.54. The van der Waals surface area contributed by atoms with Crippen LogP contribution in [0.5, 0.6) is 0 Å². The van der Waals surface area contributed by atoms with Gasteiger partial charge in [-0.2, -0.15) is 0 Å². The van der Waals surface area contributed by atoms with Crippen molar-refractivity contribution in [3.8, 4) is 0 Å². The standard InChI is InChI=1S/C26H33N3O2/c1-21(30)26(23-9-5-3-6-10-23,24-11-7-4-8-12-24)29-15-13-22(14-16-29)25(31)28-19-17-27(2)18-20-28/h3-12,22H,13-20H2,1-2H3. The highest BCUT2D eigenvalue weighted by Gasteiger charge is 2.46. The van der Waals surface area contributed by atoms with E-state index in [1.165, 1.54) is 0 Å². The SMILES string of the molecule is CC(=O)C(c1ccccc1)(c1ccccc1)N1CCC(C(=O)N2CCN(C)CC2)CC1. The lowest BCUT2D eigenvalue weighted by Gasteiger charge is -2.46. The summed E-state index contributed by atoms with van der Waals surface area (Å²) in [7, 11) is 2.11. The van der Waals surface area contributed by atoms with Crippen molar-refractivity contribution < 1.29 is 9.59 Å². The van der Waals surface area contributed by atoms with Crippen LogP contribution in [0.3, 0.4) is 0 Å². The van der Waals surface area contributed by atoms with E-state index in [1.807, 2.05) is 41.3 Å². The van der Waals surface area contributed by atoms with E-state index >= 15 is 0 Å². The van der Waals surface area contributed by atoms with Crippen molar-refractivity contribution in [1.82, 2.24) is 14.7 Å². The number of benzene rings is 2. The zero-order valence-electron chi connectivity index (χ0n) is 18.7. The number of carbonyl (C=O) groups excluding carboxylic acids is 2. The highest BCUT2D eigenvalue weighted by atomic mass is 16.2. The Labute approximate surface area is 185 Å². The lowest BCUT2D eigenvalue weighted by atomic mass is 9.76. The number of rotatable bonds is 5. The molecule has 2 aliphatic heterocycles. The molecule has 0 radical (unpaired) electrons. The lowest BCUT2D eigenvalue weighted by Crippen LogP contribution is -2.56. The predicted octanol–water partition coefficient (Wildman–Crippen LogP) is 3.01. The third kappa shape index (κ3) is 4.17. The van der Waals surface area contributed by atoms with Gasteiger partial charge in [-0.05, 0) is 37.9 Å². The minimum Gasteiger partial charge on any atom is -0.340 e. The van der Waals surface area contributed by atoms with Gasteiger partial charge in [-0.1, -0.05) is 60.7 Å². The molecule has 2 aromatic rings. The van der Waals surface area contributed by atoms with E-state index in [4.69, 9.17) is 0 Å². The second-order valence-electron chi connectivity index (χ2n) is 8.89. The van der Waals surface area contributed by atoms with Gasteiger partial charge >= 0.3 is 0 Å². The second kappa shape index (κ2) is 9.33. The number of carbonyl (C=O) groups is 2. The first-order chi connectivity index (χ1) is 15.0. The number of ketones is 1. The van der Waals surface area contributed by atoms with Crippen LogP contribution in [0.25, 0.3) is 0 Å². The molecule has 2 aromatic carbocycles. The van der Waals surface area contributed by atoms with Gasteiger partial charge in [-0.15, -0.1) is 0 Å². The lowest BCUT2D eigenvalue weighted by molar-refractivity contribution is -0.139. The van der Waals surface area contributed by atoms with Crippen LogP contribution in [0, 0.1) is 5.92 Å². The van der Waals surface area contributed by atoms with E-state index in [0.29, 0.717) is 5.91 Å². The van der Waals surface area contributed by atoms with Crippen LogP contribution in [-0.4, -0.2) is 72.7 Å². The van der Waals surface area contributed by atoms with Gasteiger partial charge in [0, 0.05) is 45.2 Å². The van der Waals surface area contributed by atoms with Gasteiger partial charge in [0.25, 0.3) is 0 Å². The molecule has 2 heterocycles. The average molecular weight is 420 g/mol. The number of Topliss-reactive ketones (excluding diaryl/α,β-unsaturated/α-hetero) is 1. The minimum absolute atomic E-state index is 0.0517. The Morgan fingerprint density at radius 3 is 1.71 bits per heavy atom. The first-order valence-corrected chi connectivity index (χ1v) is 11.4. The van der Waals surface area contributed by atoms with Crippen molar-refractivity contribution in [2.24, 2.45) is 5.92 Å². The van der Waals surface area contributed by atoms with E-state index in [2.05, 4.69) is 41.1 Å². The fourth-order valence-electron chi connectivity index (χ4n) is 5.27. The largest absolute Gasteiger partial charge is 0.340 e. The molecular weight excluding hydrogens is 386 g/mol. The predicted molar refractivity (Wildman–Crippen MR) is 123 cm³/mol. The van der Waals surface area contributed by atoms with Crippen LogP contribution in [0.15, 0.2) is 60.7 Å². The Bertz CT molecular complexity index is 844. The molecule has 0 saturated carbocycles. The maximum atomic E-state index is 13.3. The monoisotopic (exact) mass is 419 g/mol. The number of hydrogen-bond acceptors (Lipinski definition) is 4. The van der Waals surface area contributed by atoms with Gasteiger partial charge in [0.15, 0.2) is 5.78 Å². The molecule has 0 spiro atoms. The van der Waals surface area contributed by atoms with Gasteiger partial charge < -0.3 is 9.80 Å². The molecular formula is C26H33N3O2. The first kappa shape index (κ1) is 21.7. The number of likely N-dealkylation sites (tertiary alicyclic amines) is 1. The summed E-state index contributed by atoms with van der Waals surface area (Å²) in [5.74, 6) is 0.463. The molecule has 0 bridgehead atoms. The van der Waals surface area contributed by atoms with Crippen molar-refractivity contribution >= 4 is 11.7 Å². The molecule has 31 heavy (non-hydrogen) atoms. The number of piperazine rings is 1. The van der Waals surface area contributed by atoms with Crippen LogP contribution in [0.4, 0.5) is 0 Å². The minimum atomic E-state index is -0.815. The average Bonchev–Trinajstić information content (AvgIpc) is 2.81. The van der Waals surface area contributed by atoms with E-state index in [1.54, 1.807) is 6.92 Å². The number of amides is 1. The van der Waals surface area contributed by atoms with E-state index in [9.17, 15) is 9.59 Å². The molecule has 164 valence electrons. The third-order valence-corrected chi connectivity index (χ3v) is 7.03. The molecule has 2 saturated heterocycles. The molecule has 1 amide bonds. The number of nitrogens with zero attached hydrogens (tertiary/aromatic N) is 3. The second-order valence-corrected chi connectivity index (χ2v) is 8.89. The molecule has 0 aliphatic carbocycles.